The van der Waals surface area contributed by atoms with Crippen LogP contribution in [-0.2, 0) is 9.53 Å². The lowest BCUT2D eigenvalue weighted by molar-refractivity contribution is -0.138. The molecule has 0 unspecified atom stereocenters. The minimum Gasteiger partial charge on any atom is -0.462 e. The van der Waals surface area contributed by atoms with Gasteiger partial charge >= 0.3 is 5.97 Å². The van der Waals surface area contributed by atoms with Gasteiger partial charge in [-0.3, -0.25) is 0 Å². The molecule has 92 valence electrons. The first-order valence-electron chi connectivity index (χ1n) is 5.57. The Kier molecular flexibility index (Phi) is 8.33. The van der Waals surface area contributed by atoms with Gasteiger partial charge in [-0.1, -0.05) is 19.4 Å². The fraction of sp³-hybridized carbons (Fsp3) is 0.583. The zero-order chi connectivity index (χ0) is 11.1. The Hall–Kier alpha value is -0.520. The summed E-state index contributed by atoms with van der Waals surface area (Å²) in [4.78, 5) is 13.6. The number of hydrogen-bond donors (Lipinski definition) is 0. The SMILES string of the molecule is CCCCN1C=CC(C(=O)OCC)=CC1.I. The summed E-state index contributed by atoms with van der Waals surface area (Å²) in [6.45, 7) is 6.29. The zero-order valence-corrected chi connectivity index (χ0v) is 12.3. The van der Waals surface area contributed by atoms with Crippen LogP contribution in [0.2, 0.25) is 0 Å². The molecule has 0 aromatic carbocycles. The quantitative estimate of drug-likeness (QED) is 0.571. The molecule has 1 rings (SSSR count). The maximum absolute atomic E-state index is 11.4. The van der Waals surface area contributed by atoms with Gasteiger partial charge in [0.15, 0.2) is 0 Å². The van der Waals surface area contributed by atoms with Crippen LogP contribution in [-0.4, -0.2) is 30.6 Å². The van der Waals surface area contributed by atoms with E-state index in [4.69, 9.17) is 4.74 Å². The molecule has 0 spiro atoms. The average Bonchev–Trinajstić information content (AvgIpc) is 2.27. The molecule has 3 nitrogen and oxygen atoms in total. The molecule has 0 fully saturated rings. The Morgan fingerprint density at radius 3 is 2.75 bits per heavy atom. The normalized spacial score (nSPS) is 14.1. The third-order valence-corrected chi connectivity index (χ3v) is 2.32. The first-order chi connectivity index (χ1) is 7.27. The molecule has 0 N–H and O–H groups in total. The van der Waals surface area contributed by atoms with Crippen molar-refractivity contribution in [1.82, 2.24) is 4.90 Å². The van der Waals surface area contributed by atoms with Crippen LogP contribution >= 0.6 is 24.0 Å². The molecule has 0 atom stereocenters. The Morgan fingerprint density at radius 1 is 1.50 bits per heavy atom. The van der Waals surface area contributed by atoms with Crippen molar-refractivity contribution < 1.29 is 9.53 Å². The molecule has 1 aliphatic rings. The summed E-state index contributed by atoms with van der Waals surface area (Å²) in [5.74, 6) is -0.219. The van der Waals surface area contributed by atoms with E-state index >= 15 is 0 Å². The van der Waals surface area contributed by atoms with Crippen LogP contribution in [0.15, 0.2) is 23.9 Å². The maximum atomic E-state index is 11.4. The molecule has 0 saturated heterocycles. The van der Waals surface area contributed by atoms with E-state index < -0.39 is 0 Å². The van der Waals surface area contributed by atoms with Crippen molar-refractivity contribution in [2.75, 3.05) is 19.7 Å². The molecule has 1 aliphatic heterocycles. The number of halogens is 1. The lowest BCUT2D eigenvalue weighted by atomic mass is 10.2. The third kappa shape index (κ3) is 5.01. The number of unbranched alkanes of at least 4 members (excludes halogenated alkanes) is 1. The molecule has 0 radical (unpaired) electrons. The Balaban J connectivity index is 0.00000225. The molecule has 4 heteroatoms. The fourth-order valence-electron chi connectivity index (χ4n) is 1.42. The minimum atomic E-state index is -0.219. The molecule has 1 heterocycles. The average molecular weight is 337 g/mol. The van der Waals surface area contributed by atoms with E-state index in [2.05, 4.69) is 11.8 Å². The predicted octanol–water partition coefficient (Wildman–Crippen LogP) is 2.72. The Bertz CT molecular complexity index is 274. The van der Waals surface area contributed by atoms with Gasteiger partial charge in [0.05, 0.1) is 12.2 Å². The molecule has 0 aliphatic carbocycles. The summed E-state index contributed by atoms with van der Waals surface area (Å²) < 4.78 is 4.92. The molecule has 0 aromatic heterocycles. The molecule has 0 amide bonds. The Labute approximate surface area is 115 Å². The van der Waals surface area contributed by atoms with Crippen molar-refractivity contribution in [2.45, 2.75) is 26.7 Å². The maximum Gasteiger partial charge on any atom is 0.337 e. The lowest BCUT2D eigenvalue weighted by Gasteiger charge is -2.21. The summed E-state index contributed by atoms with van der Waals surface area (Å²) >= 11 is 0. The van der Waals surface area contributed by atoms with Crippen molar-refractivity contribution >= 4 is 29.9 Å². The van der Waals surface area contributed by atoms with Gasteiger partial charge in [-0.2, -0.15) is 0 Å². The van der Waals surface area contributed by atoms with Gasteiger partial charge in [0.25, 0.3) is 0 Å². The zero-order valence-electron chi connectivity index (χ0n) is 9.94. The van der Waals surface area contributed by atoms with Gasteiger partial charge in [0.2, 0.25) is 0 Å². The van der Waals surface area contributed by atoms with Gasteiger partial charge in [0.1, 0.15) is 0 Å². The van der Waals surface area contributed by atoms with Crippen molar-refractivity contribution in [3.05, 3.63) is 23.9 Å². The Morgan fingerprint density at radius 2 is 2.25 bits per heavy atom. The first-order valence-corrected chi connectivity index (χ1v) is 5.57. The summed E-state index contributed by atoms with van der Waals surface area (Å²) in [6, 6.07) is 0. The van der Waals surface area contributed by atoms with E-state index in [1.165, 1.54) is 12.8 Å². The molecular formula is C12H20INO2. The molecular weight excluding hydrogens is 317 g/mol. The number of esters is 1. The number of nitrogens with zero attached hydrogens (tertiary/aromatic N) is 1. The van der Waals surface area contributed by atoms with Crippen molar-refractivity contribution in [1.29, 1.82) is 0 Å². The standard InChI is InChI=1S/C12H19NO2.HI/c1-3-5-8-13-9-6-11(7-10-13)12(14)15-4-2;/h6-7,9H,3-5,8,10H2,1-2H3;1H. The smallest absolute Gasteiger partial charge is 0.337 e. The lowest BCUT2D eigenvalue weighted by Crippen LogP contribution is -2.22. The summed E-state index contributed by atoms with van der Waals surface area (Å²) in [6.07, 6.45) is 8.11. The van der Waals surface area contributed by atoms with E-state index in [0.717, 1.165) is 13.1 Å². The van der Waals surface area contributed by atoms with E-state index in [1.54, 1.807) is 0 Å². The first kappa shape index (κ1) is 15.5. The van der Waals surface area contributed by atoms with Gasteiger partial charge < -0.3 is 9.64 Å². The van der Waals surface area contributed by atoms with E-state index in [0.29, 0.717) is 12.2 Å². The van der Waals surface area contributed by atoms with Crippen LogP contribution in [0.25, 0.3) is 0 Å². The summed E-state index contributed by atoms with van der Waals surface area (Å²) in [5, 5.41) is 0. The van der Waals surface area contributed by atoms with E-state index in [1.807, 2.05) is 25.3 Å². The number of carbonyl (C=O) groups excluding carboxylic acids is 1. The minimum absolute atomic E-state index is 0. The van der Waals surface area contributed by atoms with Crippen LogP contribution in [0.4, 0.5) is 0 Å². The molecule has 0 bridgehead atoms. The second kappa shape index (κ2) is 8.61. The molecule has 16 heavy (non-hydrogen) atoms. The monoisotopic (exact) mass is 337 g/mol. The van der Waals surface area contributed by atoms with Crippen molar-refractivity contribution in [3.8, 4) is 0 Å². The van der Waals surface area contributed by atoms with Crippen LogP contribution in [0.5, 0.6) is 0 Å². The van der Waals surface area contributed by atoms with Gasteiger partial charge in [-0.25, -0.2) is 4.79 Å². The van der Waals surface area contributed by atoms with Crippen LogP contribution < -0.4 is 0 Å². The van der Waals surface area contributed by atoms with Crippen LogP contribution in [0.3, 0.4) is 0 Å². The predicted molar refractivity (Wildman–Crippen MR) is 75.8 cm³/mol. The number of rotatable bonds is 5. The highest BCUT2D eigenvalue weighted by atomic mass is 127. The summed E-state index contributed by atoms with van der Waals surface area (Å²) in [7, 11) is 0. The van der Waals surface area contributed by atoms with Gasteiger partial charge in [0, 0.05) is 19.3 Å². The molecule has 0 aromatic rings. The van der Waals surface area contributed by atoms with Crippen molar-refractivity contribution in [3.63, 3.8) is 0 Å². The van der Waals surface area contributed by atoms with Crippen LogP contribution in [0, 0.1) is 0 Å². The number of carbonyl (C=O) groups is 1. The fourth-order valence-corrected chi connectivity index (χ4v) is 1.42. The highest BCUT2D eigenvalue weighted by molar-refractivity contribution is 14.0. The van der Waals surface area contributed by atoms with E-state index in [9.17, 15) is 4.79 Å². The van der Waals surface area contributed by atoms with Crippen LogP contribution in [0.1, 0.15) is 26.7 Å². The third-order valence-electron chi connectivity index (χ3n) is 2.32. The van der Waals surface area contributed by atoms with E-state index in [-0.39, 0.29) is 29.9 Å². The highest BCUT2D eigenvalue weighted by Crippen LogP contribution is 2.09. The highest BCUT2D eigenvalue weighted by Gasteiger charge is 2.11. The second-order valence-corrected chi connectivity index (χ2v) is 3.54. The summed E-state index contributed by atoms with van der Waals surface area (Å²) in [5.41, 5.74) is 0.671. The largest absolute Gasteiger partial charge is 0.462 e. The van der Waals surface area contributed by atoms with Gasteiger partial charge in [-0.05, 0) is 19.4 Å². The number of hydrogen-bond acceptors (Lipinski definition) is 3. The second-order valence-electron chi connectivity index (χ2n) is 3.54. The molecule has 0 saturated carbocycles. The number of ether oxygens (including phenoxy) is 1. The topological polar surface area (TPSA) is 29.5 Å². The van der Waals surface area contributed by atoms with Gasteiger partial charge in [-0.15, -0.1) is 24.0 Å². The van der Waals surface area contributed by atoms with Crippen molar-refractivity contribution in [2.24, 2.45) is 0 Å².